The van der Waals surface area contributed by atoms with Gasteiger partial charge in [0.2, 0.25) is 0 Å². The van der Waals surface area contributed by atoms with Crippen molar-refractivity contribution < 1.29 is 4.79 Å². The minimum atomic E-state index is -0.0706. The van der Waals surface area contributed by atoms with Gasteiger partial charge in [-0.2, -0.15) is 5.26 Å². The molecule has 1 amide bonds. The maximum atomic E-state index is 12.0. The zero-order valence-electron chi connectivity index (χ0n) is 13.7. The van der Waals surface area contributed by atoms with Crippen molar-refractivity contribution in [1.82, 2.24) is 14.9 Å². The standard InChI is InChI=1S/C20H18N4O/c21-12-16-6-8-17(9-7-16)14-24-15-22-13-19(24)10-11-23-20(25)18-4-2-1-3-5-18/h1-9,13,15H,10-11,14H2,(H,23,25). The molecular formula is C20H18N4O. The van der Waals surface area contributed by atoms with E-state index in [9.17, 15) is 4.79 Å². The van der Waals surface area contributed by atoms with Gasteiger partial charge in [0.05, 0.1) is 18.0 Å². The summed E-state index contributed by atoms with van der Waals surface area (Å²) >= 11 is 0. The molecule has 0 aliphatic heterocycles. The third-order valence-corrected chi connectivity index (χ3v) is 3.94. The van der Waals surface area contributed by atoms with Crippen LogP contribution in [0.2, 0.25) is 0 Å². The number of rotatable bonds is 6. The second-order valence-corrected chi connectivity index (χ2v) is 5.69. The first-order chi connectivity index (χ1) is 12.3. The predicted molar refractivity (Wildman–Crippen MR) is 95.0 cm³/mol. The number of aromatic nitrogens is 2. The maximum Gasteiger partial charge on any atom is 0.251 e. The normalized spacial score (nSPS) is 10.2. The first-order valence-corrected chi connectivity index (χ1v) is 8.07. The summed E-state index contributed by atoms with van der Waals surface area (Å²) in [6.45, 7) is 1.24. The number of hydrogen-bond donors (Lipinski definition) is 1. The minimum Gasteiger partial charge on any atom is -0.352 e. The number of nitrogens with one attached hydrogen (secondary N) is 1. The quantitative estimate of drug-likeness (QED) is 0.755. The van der Waals surface area contributed by atoms with Crippen LogP contribution in [0.5, 0.6) is 0 Å². The zero-order valence-corrected chi connectivity index (χ0v) is 13.7. The molecule has 0 bridgehead atoms. The van der Waals surface area contributed by atoms with E-state index < -0.39 is 0 Å². The largest absolute Gasteiger partial charge is 0.352 e. The molecule has 0 saturated carbocycles. The Balaban J connectivity index is 1.56. The minimum absolute atomic E-state index is 0.0706. The van der Waals surface area contributed by atoms with E-state index in [1.165, 1.54) is 0 Å². The van der Waals surface area contributed by atoms with Crippen molar-refractivity contribution in [1.29, 1.82) is 5.26 Å². The number of benzene rings is 2. The molecule has 25 heavy (non-hydrogen) atoms. The van der Waals surface area contributed by atoms with E-state index in [2.05, 4.69) is 20.9 Å². The van der Waals surface area contributed by atoms with Crippen LogP contribution in [0.3, 0.4) is 0 Å². The van der Waals surface area contributed by atoms with Gasteiger partial charge in [-0.15, -0.1) is 0 Å². The summed E-state index contributed by atoms with van der Waals surface area (Å²) in [4.78, 5) is 16.3. The highest BCUT2D eigenvalue weighted by molar-refractivity contribution is 5.94. The van der Waals surface area contributed by atoms with Gasteiger partial charge >= 0.3 is 0 Å². The Bertz CT molecular complexity index is 876. The molecule has 0 unspecified atom stereocenters. The maximum absolute atomic E-state index is 12.0. The first kappa shape index (κ1) is 16.5. The molecule has 0 radical (unpaired) electrons. The fraction of sp³-hybridized carbons (Fsp3) is 0.150. The lowest BCUT2D eigenvalue weighted by molar-refractivity contribution is 0.0954. The van der Waals surface area contributed by atoms with Crippen LogP contribution in [0.1, 0.15) is 27.2 Å². The SMILES string of the molecule is N#Cc1ccc(Cn2cncc2CCNC(=O)c2ccccc2)cc1. The van der Waals surface area contributed by atoms with E-state index in [0.29, 0.717) is 30.6 Å². The van der Waals surface area contributed by atoms with Crippen LogP contribution in [-0.2, 0) is 13.0 Å². The molecule has 1 aromatic heterocycles. The monoisotopic (exact) mass is 330 g/mol. The molecular weight excluding hydrogens is 312 g/mol. The van der Waals surface area contributed by atoms with Crippen LogP contribution in [0.15, 0.2) is 67.1 Å². The Morgan fingerprint density at radius 2 is 1.88 bits per heavy atom. The van der Waals surface area contributed by atoms with Crippen molar-refractivity contribution in [2.75, 3.05) is 6.54 Å². The third-order valence-electron chi connectivity index (χ3n) is 3.94. The van der Waals surface area contributed by atoms with Gasteiger partial charge in [-0.3, -0.25) is 4.79 Å². The molecule has 0 fully saturated rings. The highest BCUT2D eigenvalue weighted by Crippen LogP contribution is 2.08. The Morgan fingerprint density at radius 3 is 2.60 bits per heavy atom. The topological polar surface area (TPSA) is 70.7 Å². The summed E-state index contributed by atoms with van der Waals surface area (Å²) < 4.78 is 2.05. The second-order valence-electron chi connectivity index (χ2n) is 5.69. The van der Waals surface area contributed by atoms with Crippen molar-refractivity contribution >= 4 is 5.91 Å². The molecule has 0 saturated heterocycles. The smallest absolute Gasteiger partial charge is 0.251 e. The first-order valence-electron chi connectivity index (χ1n) is 8.07. The van der Waals surface area contributed by atoms with Crippen LogP contribution in [-0.4, -0.2) is 22.0 Å². The van der Waals surface area contributed by atoms with Crippen molar-refractivity contribution in [3.8, 4) is 6.07 Å². The summed E-state index contributed by atoms with van der Waals surface area (Å²) in [5, 5.41) is 11.8. The van der Waals surface area contributed by atoms with Crippen LogP contribution < -0.4 is 5.32 Å². The number of amides is 1. The van der Waals surface area contributed by atoms with Gasteiger partial charge in [0, 0.05) is 37.0 Å². The van der Waals surface area contributed by atoms with Crippen LogP contribution in [0, 0.1) is 11.3 Å². The van der Waals surface area contributed by atoms with Gasteiger partial charge in [-0.25, -0.2) is 4.98 Å². The van der Waals surface area contributed by atoms with E-state index >= 15 is 0 Å². The summed E-state index contributed by atoms with van der Waals surface area (Å²) in [6.07, 6.45) is 4.31. The molecule has 5 heteroatoms. The summed E-state index contributed by atoms with van der Waals surface area (Å²) in [5.74, 6) is -0.0706. The van der Waals surface area contributed by atoms with Gasteiger partial charge in [-0.1, -0.05) is 30.3 Å². The van der Waals surface area contributed by atoms with Crippen molar-refractivity contribution in [3.05, 3.63) is 89.5 Å². The molecule has 124 valence electrons. The highest BCUT2D eigenvalue weighted by Gasteiger charge is 2.06. The number of carbonyl (C=O) groups is 1. The van der Waals surface area contributed by atoms with Crippen molar-refractivity contribution in [3.63, 3.8) is 0 Å². The van der Waals surface area contributed by atoms with E-state index in [0.717, 1.165) is 11.3 Å². The zero-order chi connectivity index (χ0) is 17.5. The number of hydrogen-bond acceptors (Lipinski definition) is 3. The number of carbonyl (C=O) groups excluding carboxylic acids is 1. The average molecular weight is 330 g/mol. The predicted octanol–water partition coefficient (Wildman–Crippen LogP) is 2.78. The Hall–Kier alpha value is -3.39. The van der Waals surface area contributed by atoms with E-state index in [-0.39, 0.29) is 5.91 Å². The summed E-state index contributed by atoms with van der Waals surface area (Å²) in [5.41, 5.74) is 3.47. The lowest BCUT2D eigenvalue weighted by Crippen LogP contribution is -2.26. The average Bonchev–Trinajstić information content (AvgIpc) is 3.10. The molecule has 2 aromatic carbocycles. The third kappa shape index (κ3) is 4.33. The van der Waals surface area contributed by atoms with Gasteiger partial charge < -0.3 is 9.88 Å². The molecule has 3 rings (SSSR count). The summed E-state index contributed by atoms with van der Waals surface area (Å²) in [7, 11) is 0. The summed E-state index contributed by atoms with van der Waals surface area (Å²) in [6, 6.07) is 18.8. The van der Waals surface area contributed by atoms with E-state index in [1.807, 2.05) is 48.7 Å². The molecule has 5 nitrogen and oxygen atoms in total. The number of nitrogens with zero attached hydrogens (tertiary/aromatic N) is 3. The lowest BCUT2D eigenvalue weighted by atomic mass is 10.1. The molecule has 0 spiro atoms. The molecule has 3 aromatic rings. The highest BCUT2D eigenvalue weighted by atomic mass is 16.1. The fourth-order valence-corrected chi connectivity index (χ4v) is 2.58. The number of imidazole rings is 1. The Kier molecular flexibility index (Phi) is 5.22. The van der Waals surface area contributed by atoms with Crippen LogP contribution in [0.4, 0.5) is 0 Å². The van der Waals surface area contributed by atoms with Gasteiger partial charge in [0.25, 0.3) is 5.91 Å². The van der Waals surface area contributed by atoms with Crippen molar-refractivity contribution in [2.24, 2.45) is 0 Å². The van der Waals surface area contributed by atoms with Gasteiger partial charge in [0.1, 0.15) is 0 Å². The van der Waals surface area contributed by atoms with Gasteiger partial charge in [-0.05, 0) is 29.8 Å². The number of nitriles is 1. The molecule has 0 atom stereocenters. The van der Waals surface area contributed by atoms with Crippen LogP contribution in [0.25, 0.3) is 0 Å². The van der Waals surface area contributed by atoms with Crippen LogP contribution >= 0.6 is 0 Å². The molecule has 1 N–H and O–H groups in total. The van der Waals surface area contributed by atoms with Gasteiger partial charge in [0.15, 0.2) is 0 Å². The van der Waals surface area contributed by atoms with E-state index in [1.54, 1.807) is 18.5 Å². The lowest BCUT2D eigenvalue weighted by Gasteiger charge is -2.09. The molecule has 0 aliphatic carbocycles. The Labute approximate surface area is 146 Å². The van der Waals surface area contributed by atoms with Crippen molar-refractivity contribution in [2.45, 2.75) is 13.0 Å². The van der Waals surface area contributed by atoms with E-state index in [4.69, 9.17) is 5.26 Å². The fourth-order valence-electron chi connectivity index (χ4n) is 2.58. The molecule has 1 heterocycles. The Morgan fingerprint density at radius 1 is 1.12 bits per heavy atom. The molecule has 0 aliphatic rings. The second kappa shape index (κ2) is 7.93.